The summed E-state index contributed by atoms with van der Waals surface area (Å²) in [5.74, 6) is 2.00. The van der Waals surface area contributed by atoms with Gasteiger partial charge in [-0.15, -0.1) is 0 Å². The molecule has 1 aliphatic carbocycles. The molecule has 0 aromatic carbocycles. The highest BCUT2D eigenvalue weighted by molar-refractivity contribution is 5.73. The van der Waals surface area contributed by atoms with Gasteiger partial charge in [0.2, 0.25) is 5.95 Å². The van der Waals surface area contributed by atoms with Crippen LogP contribution in [-0.2, 0) is 6.54 Å². The molecular weight excluding hydrogens is 438 g/mol. The fourth-order valence-electron chi connectivity index (χ4n) is 4.80. The molecule has 2 atom stereocenters. The molecule has 4 rings (SSSR count). The van der Waals surface area contributed by atoms with Crippen molar-refractivity contribution in [3.05, 3.63) is 30.1 Å². The number of aromatic nitrogens is 3. The molecule has 0 bridgehead atoms. The first-order valence-corrected chi connectivity index (χ1v) is 13.4. The van der Waals surface area contributed by atoms with Crippen LogP contribution in [0.2, 0.25) is 0 Å². The fourth-order valence-corrected chi connectivity index (χ4v) is 4.80. The van der Waals surface area contributed by atoms with Gasteiger partial charge in [-0.05, 0) is 57.2 Å². The quantitative estimate of drug-likeness (QED) is 0.498. The smallest absolute Gasteiger partial charge is 0.224 e. The second-order valence-corrected chi connectivity index (χ2v) is 10.6. The van der Waals surface area contributed by atoms with Gasteiger partial charge in [0.25, 0.3) is 0 Å². The summed E-state index contributed by atoms with van der Waals surface area (Å²) >= 11 is 0. The number of hydrogen-bond acceptors (Lipinski definition) is 8. The molecule has 2 fully saturated rings. The maximum atomic E-state index is 9.92. The Labute approximate surface area is 210 Å². The molecule has 3 N–H and O–H groups in total. The van der Waals surface area contributed by atoms with Crippen molar-refractivity contribution in [3.63, 3.8) is 0 Å². The predicted octanol–water partition coefficient (Wildman–Crippen LogP) is 3.85. The number of aliphatic hydroxyl groups excluding tert-OH is 1. The third-order valence-electron chi connectivity index (χ3n) is 7.78. The number of pyridine rings is 1. The summed E-state index contributed by atoms with van der Waals surface area (Å²) in [7, 11) is 2.18. The lowest BCUT2D eigenvalue weighted by molar-refractivity contribution is 0.126. The second-order valence-electron chi connectivity index (χ2n) is 10.6. The fraction of sp³-hybridized carbons (Fsp3) is 0.667. The minimum atomic E-state index is -0.180. The third kappa shape index (κ3) is 7.12. The maximum absolute atomic E-state index is 9.92. The van der Waals surface area contributed by atoms with Gasteiger partial charge in [-0.2, -0.15) is 4.98 Å². The van der Waals surface area contributed by atoms with Crippen LogP contribution in [0.4, 0.5) is 11.8 Å². The van der Waals surface area contributed by atoms with E-state index in [9.17, 15) is 5.11 Å². The molecule has 1 aliphatic heterocycles. The summed E-state index contributed by atoms with van der Waals surface area (Å²) in [6, 6.07) is 4.85. The normalized spacial score (nSPS) is 23.6. The van der Waals surface area contributed by atoms with Crippen LogP contribution in [0.3, 0.4) is 0 Å². The van der Waals surface area contributed by atoms with Crippen LogP contribution in [0.5, 0.6) is 0 Å². The maximum Gasteiger partial charge on any atom is 0.224 e. The topological polar surface area (TPSA) is 89.4 Å². The first kappa shape index (κ1) is 25.8. The lowest BCUT2D eigenvalue weighted by atomic mass is 9.93. The lowest BCUT2D eigenvalue weighted by Gasteiger charge is -2.32. The van der Waals surface area contributed by atoms with Crippen LogP contribution in [0.1, 0.15) is 58.4 Å². The van der Waals surface area contributed by atoms with Crippen LogP contribution in [0, 0.1) is 5.92 Å². The highest BCUT2D eigenvalue weighted by atomic mass is 16.3. The Balaban J connectivity index is 1.51. The third-order valence-corrected chi connectivity index (χ3v) is 7.78. The summed E-state index contributed by atoms with van der Waals surface area (Å²) in [4.78, 5) is 19.2. The van der Waals surface area contributed by atoms with E-state index in [1.807, 2.05) is 12.4 Å². The second kappa shape index (κ2) is 12.1. The summed E-state index contributed by atoms with van der Waals surface area (Å²) < 4.78 is 0. The van der Waals surface area contributed by atoms with E-state index in [1.54, 1.807) is 0 Å². The van der Waals surface area contributed by atoms with Crippen molar-refractivity contribution in [3.8, 4) is 11.3 Å². The van der Waals surface area contributed by atoms with E-state index >= 15 is 0 Å². The van der Waals surface area contributed by atoms with Gasteiger partial charge in [-0.3, -0.25) is 9.88 Å². The Morgan fingerprint density at radius 3 is 2.43 bits per heavy atom. The van der Waals surface area contributed by atoms with Crippen molar-refractivity contribution in [1.29, 1.82) is 0 Å². The number of likely N-dealkylation sites (N-methyl/N-ethyl adjacent to an activating group) is 1. The number of aliphatic hydroxyl groups is 1. The van der Waals surface area contributed by atoms with Crippen molar-refractivity contribution in [2.45, 2.75) is 77.6 Å². The van der Waals surface area contributed by atoms with E-state index in [1.165, 1.54) is 5.56 Å². The number of hydrogen-bond donors (Lipinski definition) is 3. The molecular formula is C27H43N7O. The van der Waals surface area contributed by atoms with E-state index in [0.29, 0.717) is 17.9 Å². The molecule has 0 amide bonds. The lowest BCUT2D eigenvalue weighted by Crippen LogP contribution is -2.43. The molecule has 3 heterocycles. The van der Waals surface area contributed by atoms with E-state index in [2.05, 4.69) is 65.4 Å². The molecule has 0 spiro atoms. The average Bonchev–Trinajstić information content (AvgIpc) is 2.87. The summed E-state index contributed by atoms with van der Waals surface area (Å²) in [5.41, 5.74) is 3.03. The molecule has 2 aliphatic rings. The standard InChI is InChI=1S/C27H43N7O/c1-5-19(2)20(3)30-27-29-17-24(26(32-27)31-22-7-9-23(35)10-8-22)25-11-6-21(16-28-25)18-34-14-12-33(4)13-15-34/h6,11,16-17,19-20,22-23,35H,5,7-10,12-15,18H2,1-4H3,(H2,29,30,31,32). The van der Waals surface area contributed by atoms with Gasteiger partial charge < -0.3 is 20.6 Å². The molecule has 8 heteroatoms. The number of piperazine rings is 1. The minimum absolute atomic E-state index is 0.180. The van der Waals surface area contributed by atoms with Gasteiger partial charge in [0.15, 0.2) is 0 Å². The van der Waals surface area contributed by atoms with E-state index in [0.717, 1.165) is 81.9 Å². The Hall–Kier alpha value is -2.29. The van der Waals surface area contributed by atoms with Crippen molar-refractivity contribution in [2.75, 3.05) is 43.9 Å². The Morgan fingerprint density at radius 2 is 1.77 bits per heavy atom. The van der Waals surface area contributed by atoms with Crippen LogP contribution in [0.15, 0.2) is 24.5 Å². The van der Waals surface area contributed by atoms with Gasteiger partial charge in [0.1, 0.15) is 5.82 Å². The Morgan fingerprint density at radius 1 is 1.03 bits per heavy atom. The van der Waals surface area contributed by atoms with Crippen LogP contribution in [-0.4, -0.2) is 81.3 Å². The zero-order valence-corrected chi connectivity index (χ0v) is 21.9. The highest BCUT2D eigenvalue weighted by Gasteiger charge is 2.22. The highest BCUT2D eigenvalue weighted by Crippen LogP contribution is 2.29. The van der Waals surface area contributed by atoms with E-state index in [4.69, 9.17) is 9.97 Å². The summed E-state index contributed by atoms with van der Waals surface area (Å²) in [5, 5.41) is 17.1. The van der Waals surface area contributed by atoms with Gasteiger partial charge in [-0.25, -0.2) is 4.98 Å². The monoisotopic (exact) mass is 481 g/mol. The predicted molar refractivity (Wildman–Crippen MR) is 142 cm³/mol. The van der Waals surface area contributed by atoms with Crippen LogP contribution >= 0.6 is 0 Å². The zero-order chi connectivity index (χ0) is 24.8. The van der Waals surface area contributed by atoms with E-state index in [-0.39, 0.29) is 12.1 Å². The summed E-state index contributed by atoms with van der Waals surface area (Å²) in [6.45, 7) is 12.0. The van der Waals surface area contributed by atoms with Crippen molar-refractivity contribution in [2.24, 2.45) is 5.92 Å². The van der Waals surface area contributed by atoms with Gasteiger partial charge in [0.05, 0.1) is 17.4 Å². The summed E-state index contributed by atoms with van der Waals surface area (Å²) in [6.07, 6.45) is 8.34. The molecule has 1 saturated heterocycles. The molecule has 1 saturated carbocycles. The largest absolute Gasteiger partial charge is 0.393 e. The molecule has 35 heavy (non-hydrogen) atoms. The molecule has 2 aromatic heterocycles. The zero-order valence-electron chi connectivity index (χ0n) is 21.9. The number of anilines is 2. The average molecular weight is 482 g/mol. The van der Waals surface area contributed by atoms with Crippen LogP contribution < -0.4 is 10.6 Å². The Bertz CT molecular complexity index is 922. The van der Waals surface area contributed by atoms with Gasteiger partial charge in [-0.1, -0.05) is 26.3 Å². The first-order chi connectivity index (χ1) is 16.9. The number of rotatable bonds is 9. The molecule has 2 aromatic rings. The SMILES string of the molecule is CCC(C)C(C)Nc1ncc(-c2ccc(CN3CCN(C)CC3)cn2)c(NC2CCC(O)CC2)n1. The molecule has 8 nitrogen and oxygen atoms in total. The van der Waals surface area contributed by atoms with Crippen molar-refractivity contribution >= 4 is 11.8 Å². The molecule has 0 radical (unpaired) electrons. The van der Waals surface area contributed by atoms with E-state index < -0.39 is 0 Å². The first-order valence-electron chi connectivity index (χ1n) is 13.4. The van der Waals surface area contributed by atoms with Crippen molar-refractivity contribution < 1.29 is 5.11 Å². The van der Waals surface area contributed by atoms with Crippen LogP contribution in [0.25, 0.3) is 11.3 Å². The minimum Gasteiger partial charge on any atom is -0.393 e. The Kier molecular flexibility index (Phi) is 8.92. The van der Waals surface area contributed by atoms with Gasteiger partial charge in [0, 0.05) is 57.2 Å². The van der Waals surface area contributed by atoms with Gasteiger partial charge >= 0.3 is 0 Å². The molecule has 192 valence electrons. The number of nitrogens with zero attached hydrogens (tertiary/aromatic N) is 5. The number of nitrogens with one attached hydrogen (secondary N) is 2. The molecule has 2 unspecified atom stereocenters. The van der Waals surface area contributed by atoms with Crippen molar-refractivity contribution in [1.82, 2.24) is 24.8 Å².